The van der Waals surface area contributed by atoms with Crippen LogP contribution >= 0.6 is 0 Å². The molecule has 0 radical (unpaired) electrons. The van der Waals surface area contributed by atoms with Crippen LogP contribution in [-0.2, 0) is 24.4 Å². The third-order valence-corrected chi connectivity index (χ3v) is 13.9. The van der Waals surface area contributed by atoms with Gasteiger partial charge in [0.2, 0.25) is 27.7 Å². The summed E-state index contributed by atoms with van der Waals surface area (Å²) in [6, 6.07) is -0.989. The summed E-state index contributed by atoms with van der Waals surface area (Å²) in [5, 5.41) is 13.5. The Morgan fingerprint density at radius 3 is 2.52 bits per heavy atom. The number of rotatable bonds is 8. The number of hydrogen-bond acceptors (Lipinski definition) is 11. The largest absolute Gasteiger partial charge is 0.481 e. The number of H-pyrrole nitrogens is 1. The molecule has 1 saturated heterocycles. The lowest BCUT2D eigenvalue weighted by Gasteiger charge is -2.44. The van der Waals surface area contributed by atoms with E-state index in [4.69, 9.17) is 9.47 Å². The molecule has 4 heterocycles. The summed E-state index contributed by atoms with van der Waals surface area (Å²) in [7, 11) is -2.62. The van der Waals surface area contributed by atoms with E-state index in [1.807, 2.05) is 26.0 Å². The summed E-state index contributed by atoms with van der Waals surface area (Å²) in [4.78, 5) is 83.4. The Hall–Kier alpha value is -4.74. The first kappa shape index (κ1) is 40.9. The number of allylic oxidation sites excluding steroid dienone is 1. The Balaban J connectivity index is 1.40. The summed E-state index contributed by atoms with van der Waals surface area (Å²) >= 11 is 0. The third-order valence-electron chi connectivity index (χ3n) is 11.8. The lowest BCUT2D eigenvalue weighted by atomic mass is 9.82. The zero-order chi connectivity index (χ0) is 41.0. The number of methoxy groups -OCH3 is 1. The third kappa shape index (κ3) is 7.93. The van der Waals surface area contributed by atoms with Crippen molar-refractivity contribution in [3.63, 3.8) is 0 Å². The van der Waals surface area contributed by atoms with Crippen LogP contribution in [0.3, 0.4) is 0 Å². The maximum atomic E-state index is 15.1. The fraction of sp³-hybridized carbons (Fsp3) is 0.658. The van der Waals surface area contributed by atoms with Crippen molar-refractivity contribution in [3.05, 3.63) is 34.8 Å². The first-order valence-corrected chi connectivity index (χ1v) is 20.7. The Bertz CT molecular complexity index is 2090. The SMILES string of the molecule is CC[C@@H]1C[C@H](C)CCC=C[C@@H]2C[C@@]2(C(=O)NS(=O)(=O)C2(C)CC2)NC(=O)[C@@H]2C[C@@H](Oc3nc4cnc(OC)cc4[nH]c3=O)CN2C(=O)[C@H]1N(C(=O)O)C(C)(C)C. The van der Waals surface area contributed by atoms with Crippen LogP contribution in [0, 0.1) is 17.8 Å². The molecule has 0 aromatic carbocycles. The highest BCUT2D eigenvalue weighted by atomic mass is 32.2. The topological polar surface area (TPSA) is 230 Å². The summed E-state index contributed by atoms with van der Waals surface area (Å²) < 4.78 is 38.8. The average Bonchev–Trinajstić information content (AvgIpc) is 4.00. The van der Waals surface area contributed by atoms with E-state index in [2.05, 4.69) is 25.0 Å². The molecule has 56 heavy (non-hydrogen) atoms. The standard InChI is InChI=1S/C38H53N7O10S/c1-8-22-15-21(2)11-9-10-12-23-18-38(23,34(49)43-56(52,53)37(6)13-14-37)42-30(46)27-16-24(20-44(27)33(48)29(22)45(35(50)51)36(3,4)5)55-32-31(47)40-25-17-28(54-7)39-19-26(25)41-32/h10,12,17,19,21-24,27,29H,8-9,11,13-16,18,20H2,1-7H3,(H,40,47)(H,42,46)(H,43,49)(H,50,51)/t21-,22-,23-,24-,27+,29+,38-/m1/s1. The molecule has 2 aliphatic heterocycles. The van der Waals surface area contributed by atoms with Gasteiger partial charge in [-0.3, -0.25) is 28.8 Å². The van der Waals surface area contributed by atoms with Crippen molar-refractivity contribution >= 4 is 44.9 Å². The van der Waals surface area contributed by atoms with Crippen molar-refractivity contribution in [3.8, 4) is 11.8 Å². The second kappa shape index (κ2) is 15.0. The number of hydrogen-bond donors (Lipinski definition) is 4. The number of carbonyl (C=O) groups excluding carboxylic acids is 3. The molecule has 4 aliphatic rings. The van der Waals surface area contributed by atoms with E-state index >= 15 is 4.79 Å². The van der Waals surface area contributed by atoms with Gasteiger partial charge in [0.1, 0.15) is 29.2 Å². The minimum atomic E-state index is -4.05. The van der Waals surface area contributed by atoms with E-state index < -0.39 is 85.2 Å². The Morgan fingerprint density at radius 2 is 1.89 bits per heavy atom. The molecular weight excluding hydrogens is 747 g/mol. The highest BCUT2D eigenvalue weighted by molar-refractivity contribution is 7.91. The van der Waals surface area contributed by atoms with Crippen molar-refractivity contribution in [1.29, 1.82) is 0 Å². The summed E-state index contributed by atoms with van der Waals surface area (Å²) in [5.41, 5.74) is -2.67. The quantitative estimate of drug-likeness (QED) is 0.283. The van der Waals surface area contributed by atoms with E-state index in [1.54, 1.807) is 27.7 Å². The van der Waals surface area contributed by atoms with Gasteiger partial charge in [-0.25, -0.2) is 23.2 Å². The normalized spacial score (nSPS) is 29.2. The molecule has 0 spiro atoms. The van der Waals surface area contributed by atoms with E-state index in [9.17, 15) is 32.7 Å². The zero-order valence-electron chi connectivity index (χ0n) is 33.0. The maximum absolute atomic E-state index is 15.1. The number of ether oxygens (including phenoxy) is 2. The lowest BCUT2D eigenvalue weighted by molar-refractivity contribution is -0.146. The number of carboxylic acid groups (broad SMARTS) is 1. The number of sulfonamides is 1. The molecule has 2 aliphatic carbocycles. The van der Waals surface area contributed by atoms with Gasteiger partial charge in [0.05, 0.1) is 30.1 Å². The molecular formula is C38H53N7O10S. The number of aromatic amines is 1. The number of aromatic nitrogens is 3. The zero-order valence-corrected chi connectivity index (χ0v) is 33.8. The van der Waals surface area contributed by atoms with E-state index in [-0.39, 0.29) is 37.1 Å². The van der Waals surface area contributed by atoms with Crippen LogP contribution in [0.1, 0.15) is 92.9 Å². The number of nitrogens with zero attached hydrogens (tertiary/aromatic N) is 4. The molecule has 4 amide bonds. The fourth-order valence-electron chi connectivity index (χ4n) is 8.06. The van der Waals surface area contributed by atoms with Crippen molar-refractivity contribution < 1.29 is 42.2 Å². The van der Waals surface area contributed by atoms with Gasteiger partial charge in [0, 0.05) is 23.9 Å². The molecule has 2 aromatic rings. The predicted octanol–water partition coefficient (Wildman–Crippen LogP) is 3.10. The molecule has 0 bridgehead atoms. The average molecular weight is 800 g/mol. The van der Waals surface area contributed by atoms with Crippen LogP contribution in [0.4, 0.5) is 4.79 Å². The van der Waals surface area contributed by atoms with Crippen molar-refractivity contribution in [2.75, 3.05) is 13.7 Å². The minimum absolute atomic E-state index is 0.0719. The van der Waals surface area contributed by atoms with E-state index in [0.29, 0.717) is 49.6 Å². The van der Waals surface area contributed by atoms with Crippen LogP contribution in [0.25, 0.3) is 11.0 Å². The minimum Gasteiger partial charge on any atom is -0.481 e. The van der Waals surface area contributed by atoms with E-state index in [0.717, 1.165) is 4.90 Å². The molecule has 3 fully saturated rings. The molecule has 2 saturated carbocycles. The Kier molecular flexibility index (Phi) is 10.9. The van der Waals surface area contributed by atoms with Crippen LogP contribution in [0.5, 0.6) is 11.8 Å². The number of carbonyl (C=O) groups is 4. The Labute approximate surface area is 326 Å². The van der Waals surface area contributed by atoms with Crippen LogP contribution in [0.15, 0.2) is 29.2 Å². The highest BCUT2D eigenvalue weighted by Gasteiger charge is 2.63. The van der Waals surface area contributed by atoms with Gasteiger partial charge in [-0.2, -0.15) is 0 Å². The molecule has 6 rings (SSSR count). The Morgan fingerprint density at radius 1 is 1.18 bits per heavy atom. The van der Waals surface area contributed by atoms with Crippen LogP contribution in [-0.4, -0.2) is 110 Å². The molecule has 7 atom stereocenters. The van der Waals surface area contributed by atoms with Crippen LogP contribution in [0.2, 0.25) is 0 Å². The van der Waals surface area contributed by atoms with Crippen LogP contribution < -0.4 is 25.1 Å². The summed E-state index contributed by atoms with van der Waals surface area (Å²) in [6.07, 6.45) is 5.99. The summed E-state index contributed by atoms with van der Waals surface area (Å²) in [5.74, 6) is -3.16. The highest BCUT2D eigenvalue weighted by Crippen LogP contribution is 2.48. The molecule has 306 valence electrons. The van der Waals surface area contributed by atoms with Gasteiger partial charge in [0.15, 0.2) is 0 Å². The number of amides is 4. The van der Waals surface area contributed by atoms with Gasteiger partial charge in [-0.1, -0.05) is 32.4 Å². The molecule has 18 heteroatoms. The molecule has 17 nitrogen and oxygen atoms in total. The summed E-state index contributed by atoms with van der Waals surface area (Å²) in [6.45, 7) is 10.4. The molecule has 0 unspecified atom stereocenters. The molecule has 4 N–H and O–H groups in total. The fourth-order valence-corrected chi connectivity index (χ4v) is 9.37. The van der Waals surface area contributed by atoms with Crippen molar-refractivity contribution in [2.24, 2.45) is 17.8 Å². The first-order valence-electron chi connectivity index (χ1n) is 19.2. The lowest BCUT2D eigenvalue weighted by Crippen LogP contribution is -2.62. The van der Waals surface area contributed by atoms with Crippen molar-refractivity contribution in [2.45, 2.75) is 127 Å². The van der Waals surface area contributed by atoms with Gasteiger partial charge in [-0.15, -0.1) is 0 Å². The van der Waals surface area contributed by atoms with Gasteiger partial charge in [-0.05, 0) is 78.1 Å². The number of nitrogens with one attached hydrogen (secondary N) is 3. The first-order chi connectivity index (χ1) is 26.2. The maximum Gasteiger partial charge on any atom is 0.408 e. The van der Waals surface area contributed by atoms with E-state index in [1.165, 1.54) is 24.3 Å². The van der Waals surface area contributed by atoms with Gasteiger partial charge >= 0.3 is 11.7 Å². The van der Waals surface area contributed by atoms with Gasteiger partial charge in [0.25, 0.3) is 11.8 Å². The predicted molar refractivity (Wildman–Crippen MR) is 204 cm³/mol. The smallest absolute Gasteiger partial charge is 0.408 e. The second-order valence-corrected chi connectivity index (χ2v) is 19.2. The van der Waals surface area contributed by atoms with Gasteiger partial charge < -0.3 is 29.8 Å². The second-order valence-electron chi connectivity index (χ2n) is 17.0. The van der Waals surface area contributed by atoms with Crippen molar-refractivity contribution in [1.82, 2.24) is 34.8 Å². The molecule has 2 aromatic heterocycles. The number of fused-ring (bicyclic) bond motifs is 3. The monoisotopic (exact) mass is 799 g/mol. The number of pyridine rings is 1.